The maximum absolute atomic E-state index is 13.0. The molecule has 3 rings (SSSR count). The molecule has 1 aliphatic carbocycles. The number of fused-ring (bicyclic) bond motifs is 1. The first-order valence-electron chi connectivity index (χ1n) is 8.66. The van der Waals surface area contributed by atoms with Gasteiger partial charge in [-0.1, -0.05) is 19.3 Å². The zero-order valence-electron chi connectivity index (χ0n) is 13.9. The number of nitrogens with zero attached hydrogens (tertiary/aromatic N) is 2. The van der Waals surface area contributed by atoms with Gasteiger partial charge in [0, 0.05) is 19.1 Å². The molecule has 132 valence electrons. The predicted octanol–water partition coefficient (Wildman–Crippen LogP) is 5.14. The SMILES string of the molecule is CCOCCn1c(C2CCCCC2)nc2cc(C(F)(F)F)ccc21. The molecule has 1 aliphatic rings. The van der Waals surface area contributed by atoms with Gasteiger partial charge < -0.3 is 9.30 Å². The highest BCUT2D eigenvalue weighted by molar-refractivity contribution is 5.77. The van der Waals surface area contributed by atoms with Gasteiger partial charge in [-0.25, -0.2) is 4.98 Å². The molecule has 1 fully saturated rings. The van der Waals surface area contributed by atoms with Crippen molar-refractivity contribution in [2.24, 2.45) is 0 Å². The lowest BCUT2D eigenvalue weighted by Crippen LogP contribution is -2.15. The number of benzene rings is 1. The third kappa shape index (κ3) is 3.58. The van der Waals surface area contributed by atoms with Crippen molar-refractivity contribution in [3.05, 3.63) is 29.6 Å². The smallest absolute Gasteiger partial charge is 0.380 e. The van der Waals surface area contributed by atoms with E-state index >= 15 is 0 Å². The van der Waals surface area contributed by atoms with Crippen LogP contribution in [0.4, 0.5) is 13.2 Å². The largest absolute Gasteiger partial charge is 0.416 e. The molecule has 0 aliphatic heterocycles. The van der Waals surface area contributed by atoms with Crippen LogP contribution in [-0.4, -0.2) is 22.8 Å². The van der Waals surface area contributed by atoms with Crippen molar-refractivity contribution in [3.8, 4) is 0 Å². The number of hydrogen-bond donors (Lipinski definition) is 0. The Morgan fingerprint density at radius 2 is 1.96 bits per heavy atom. The van der Waals surface area contributed by atoms with Crippen molar-refractivity contribution < 1.29 is 17.9 Å². The molecule has 1 aromatic heterocycles. The van der Waals surface area contributed by atoms with Gasteiger partial charge in [0.15, 0.2) is 0 Å². The maximum atomic E-state index is 13.0. The van der Waals surface area contributed by atoms with Crippen LogP contribution in [0, 0.1) is 0 Å². The zero-order chi connectivity index (χ0) is 17.2. The van der Waals surface area contributed by atoms with Gasteiger partial charge in [0.1, 0.15) is 5.82 Å². The van der Waals surface area contributed by atoms with E-state index in [1.54, 1.807) is 6.07 Å². The van der Waals surface area contributed by atoms with E-state index < -0.39 is 11.7 Å². The third-order valence-electron chi connectivity index (χ3n) is 4.74. The number of halogens is 3. The quantitative estimate of drug-likeness (QED) is 0.705. The Morgan fingerprint density at radius 1 is 1.21 bits per heavy atom. The monoisotopic (exact) mass is 340 g/mol. The molecule has 0 N–H and O–H groups in total. The molecule has 0 spiro atoms. The van der Waals surface area contributed by atoms with E-state index in [0.717, 1.165) is 43.1 Å². The Labute approximate surface area is 139 Å². The van der Waals surface area contributed by atoms with Crippen LogP contribution in [0.1, 0.15) is 56.3 Å². The number of ether oxygens (including phenoxy) is 1. The van der Waals surface area contributed by atoms with Crippen LogP contribution in [0.15, 0.2) is 18.2 Å². The summed E-state index contributed by atoms with van der Waals surface area (Å²) >= 11 is 0. The van der Waals surface area contributed by atoms with E-state index in [0.29, 0.717) is 31.2 Å². The van der Waals surface area contributed by atoms with Crippen LogP contribution in [0.3, 0.4) is 0 Å². The van der Waals surface area contributed by atoms with Gasteiger partial charge in [0.25, 0.3) is 0 Å². The molecule has 0 radical (unpaired) electrons. The number of imidazole rings is 1. The van der Waals surface area contributed by atoms with Crippen LogP contribution in [-0.2, 0) is 17.5 Å². The third-order valence-corrected chi connectivity index (χ3v) is 4.74. The second kappa shape index (κ2) is 7.13. The number of hydrogen-bond acceptors (Lipinski definition) is 2. The highest BCUT2D eigenvalue weighted by Gasteiger charge is 2.31. The standard InChI is InChI=1S/C18H23F3N2O/c1-2-24-11-10-23-16-9-8-14(18(19,20)21)12-15(16)22-17(23)13-6-4-3-5-7-13/h8-9,12-13H,2-7,10-11H2,1H3. The van der Waals surface area contributed by atoms with Gasteiger partial charge in [-0.2, -0.15) is 13.2 Å². The summed E-state index contributed by atoms with van der Waals surface area (Å²) in [5.41, 5.74) is 0.560. The van der Waals surface area contributed by atoms with Crippen LogP contribution in [0.25, 0.3) is 11.0 Å². The second-order valence-corrected chi connectivity index (χ2v) is 6.35. The molecule has 1 aromatic carbocycles. The molecule has 24 heavy (non-hydrogen) atoms. The first-order chi connectivity index (χ1) is 11.5. The van der Waals surface area contributed by atoms with Crippen molar-refractivity contribution in [2.75, 3.05) is 13.2 Å². The first-order valence-corrected chi connectivity index (χ1v) is 8.66. The summed E-state index contributed by atoms with van der Waals surface area (Å²) in [4.78, 5) is 4.60. The molecule has 0 unspecified atom stereocenters. The summed E-state index contributed by atoms with van der Waals surface area (Å²) in [5, 5.41) is 0. The summed E-state index contributed by atoms with van der Waals surface area (Å²) in [6.07, 6.45) is 1.33. The van der Waals surface area contributed by atoms with Crippen LogP contribution < -0.4 is 0 Å². The Kier molecular flexibility index (Phi) is 5.13. The summed E-state index contributed by atoms with van der Waals surface area (Å²) in [5.74, 6) is 1.26. The molecular formula is C18H23F3N2O. The molecule has 0 amide bonds. The van der Waals surface area contributed by atoms with Gasteiger partial charge >= 0.3 is 6.18 Å². The van der Waals surface area contributed by atoms with Crippen molar-refractivity contribution in [1.82, 2.24) is 9.55 Å². The van der Waals surface area contributed by atoms with Gasteiger partial charge in [-0.15, -0.1) is 0 Å². The van der Waals surface area contributed by atoms with Crippen molar-refractivity contribution in [1.29, 1.82) is 0 Å². The van der Waals surface area contributed by atoms with Gasteiger partial charge in [-0.05, 0) is 38.0 Å². The Hall–Kier alpha value is -1.56. The predicted molar refractivity (Wildman–Crippen MR) is 87.1 cm³/mol. The normalized spacial score (nSPS) is 16.8. The summed E-state index contributed by atoms with van der Waals surface area (Å²) in [6, 6.07) is 3.86. The molecule has 3 nitrogen and oxygen atoms in total. The van der Waals surface area contributed by atoms with Crippen molar-refractivity contribution in [3.63, 3.8) is 0 Å². The average molecular weight is 340 g/mol. The fourth-order valence-corrected chi connectivity index (χ4v) is 3.53. The van der Waals surface area contributed by atoms with E-state index in [1.165, 1.54) is 12.5 Å². The van der Waals surface area contributed by atoms with Crippen LogP contribution >= 0.6 is 0 Å². The molecule has 6 heteroatoms. The minimum Gasteiger partial charge on any atom is -0.380 e. The first kappa shape index (κ1) is 17.3. The lowest BCUT2D eigenvalue weighted by Gasteiger charge is -2.22. The molecule has 0 saturated heterocycles. The minimum atomic E-state index is -4.34. The Bertz CT molecular complexity index is 687. The highest BCUT2D eigenvalue weighted by atomic mass is 19.4. The van der Waals surface area contributed by atoms with E-state index in [4.69, 9.17) is 4.74 Å². The number of rotatable bonds is 5. The molecule has 1 heterocycles. The van der Waals surface area contributed by atoms with E-state index in [1.807, 2.05) is 6.92 Å². The van der Waals surface area contributed by atoms with E-state index in [9.17, 15) is 13.2 Å². The molecule has 2 aromatic rings. The number of alkyl halides is 3. The van der Waals surface area contributed by atoms with Gasteiger partial charge in [0.2, 0.25) is 0 Å². The topological polar surface area (TPSA) is 27.1 Å². The fraction of sp³-hybridized carbons (Fsp3) is 0.611. The number of aromatic nitrogens is 2. The molecule has 0 atom stereocenters. The molecule has 0 bridgehead atoms. The fourth-order valence-electron chi connectivity index (χ4n) is 3.53. The van der Waals surface area contributed by atoms with E-state index in [2.05, 4.69) is 9.55 Å². The summed E-state index contributed by atoms with van der Waals surface area (Å²) in [7, 11) is 0. The zero-order valence-corrected chi connectivity index (χ0v) is 13.9. The Morgan fingerprint density at radius 3 is 2.62 bits per heavy atom. The molecule has 1 saturated carbocycles. The van der Waals surface area contributed by atoms with E-state index in [-0.39, 0.29) is 0 Å². The minimum absolute atomic E-state index is 0.335. The van der Waals surface area contributed by atoms with Crippen LogP contribution in [0.2, 0.25) is 0 Å². The summed E-state index contributed by atoms with van der Waals surface area (Å²) < 4.78 is 46.4. The Balaban J connectivity index is 2.01. The lowest BCUT2D eigenvalue weighted by molar-refractivity contribution is -0.137. The maximum Gasteiger partial charge on any atom is 0.416 e. The summed E-state index contributed by atoms with van der Waals surface area (Å²) in [6.45, 7) is 3.73. The molecular weight excluding hydrogens is 317 g/mol. The van der Waals surface area contributed by atoms with Gasteiger partial charge in [0.05, 0.1) is 23.2 Å². The van der Waals surface area contributed by atoms with Crippen molar-refractivity contribution >= 4 is 11.0 Å². The second-order valence-electron chi connectivity index (χ2n) is 6.35. The highest BCUT2D eigenvalue weighted by Crippen LogP contribution is 2.36. The van der Waals surface area contributed by atoms with Crippen molar-refractivity contribution in [2.45, 2.75) is 57.7 Å². The van der Waals surface area contributed by atoms with Gasteiger partial charge in [-0.3, -0.25) is 0 Å². The average Bonchev–Trinajstić information content (AvgIpc) is 2.93. The lowest BCUT2D eigenvalue weighted by atomic mass is 9.88. The van der Waals surface area contributed by atoms with Crippen LogP contribution in [0.5, 0.6) is 0 Å².